The van der Waals surface area contributed by atoms with Crippen molar-refractivity contribution in [1.29, 1.82) is 0 Å². The van der Waals surface area contributed by atoms with Crippen LogP contribution in [-0.2, 0) is 23.0 Å². The van der Waals surface area contributed by atoms with Crippen LogP contribution in [0.15, 0.2) is 120 Å². The van der Waals surface area contributed by atoms with Crippen molar-refractivity contribution in [2.24, 2.45) is 0 Å². The standard InChI is InChI=1S/C39H39NO3S/c1-5-6-16-29-26-35(44(4)43)28(3)36(37(29)41)38(42)40-34-24-23-33(25-27(34)2)39(30-17-10-7-11-18-30,31-19-12-8-13-20-31)32-21-14-9-15-22-32/h7-15,17-26,41H,5-6,16H2,1-4H3,(H,40,42). The summed E-state index contributed by atoms with van der Waals surface area (Å²) < 4.78 is 12.6. The van der Waals surface area contributed by atoms with Crippen molar-refractivity contribution in [3.05, 3.63) is 160 Å². The number of phenolic OH excluding ortho intramolecular Hbond substituents is 1. The number of nitrogens with one attached hydrogen (secondary N) is 1. The third-order valence-corrected chi connectivity index (χ3v) is 9.50. The van der Waals surface area contributed by atoms with Gasteiger partial charge in [0.2, 0.25) is 0 Å². The Morgan fingerprint density at radius 1 is 0.795 bits per heavy atom. The van der Waals surface area contributed by atoms with Crippen LogP contribution in [0.4, 0.5) is 5.69 Å². The first-order valence-corrected chi connectivity index (χ1v) is 16.6. The second kappa shape index (κ2) is 13.5. The lowest BCUT2D eigenvalue weighted by molar-refractivity contribution is 0.102. The molecule has 0 heterocycles. The van der Waals surface area contributed by atoms with Crippen LogP contribution < -0.4 is 5.32 Å². The van der Waals surface area contributed by atoms with Gasteiger partial charge in [-0.25, -0.2) is 0 Å². The molecule has 1 unspecified atom stereocenters. The number of phenols is 1. The van der Waals surface area contributed by atoms with Gasteiger partial charge in [-0.2, -0.15) is 0 Å². The van der Waals surface area contributed by atoms with Crippen LogP contribution in [0.3, 0.4) is 0 Å². The van der Waals surface area contributed by atoms with Crippen LogP contribution >= 0.6 is 0 Å². The number of carbonyl (C=O) groups excluding carboxylic acids is 1. The zero-order chi connectivity index (χ0) is 31.3. The normalized spacial score (nSPS) is 12.1. The highest BCUT2D eigenvalue weighted by molar-refractivity contribution is 7.90. The van der Waals surface area contributed by atoms with Gasteiger partial charge in [0.25, 0.3) is 5.91 Å². The third-order valence-electron chi connectivity index (χ3n) is 8.46. The van der Waals surface area contributed by atoms with Crippen molar-refractivity contribution in [2.45, 2.75) is 50.3 Å². The number of rotatable bonds is 10. The van der Waals surface area contributed by atoms with Crippen LogP contribution in [0.2, 0.25) is 0 Å². The number of unbranched alkanes of at least 4 members (excludes halogenated alkanes) is 1. The van der Waals surface area contributed by atoms with E-state index in [9.17, 15) is 14.5 Å². The third kappa shape index (κ3) is 5.90. The van der Waals surface area contributed by atoms with Crippen molar-refractivity contribution in [1.82, 2.24) is 0 Å². The second-order valence-corrected chi connectivity index (χ2v) is 12.6. The van der Waals surface area contributed by atoms with Gasteiger partial charge in [-0.1, -0.05) is 116 Å². The Morgan fingerprint density at radius 3 is 1.77 bits per heavy atom. The van der Waals surface area contributed by atoms with Gasteiger partial charge < -0.3 is 15.0 Å². The maximum Gasteiger partial charge on any atom is 0.259 e. The van der Waals surface area contributed by atoms with Crippen LogP contribution in [0.1, 0.15) is 69.1 Å². The van der Waals surface area contributed by atoms with Gasteiger partial charge in [-0.05, 0) is 77.3 Å². The van der Waals surface area contributed by atoms with E-state index in [-0.39, 0.29) is 11.3 Å². The maximum atomic E-state index is 13.8. The number of benzene rings is 5. The van der Waals surface area contributed by atoms with E-state index in [1.807, 2.05) is 31.2 Å². The molecule has 1 atom stereocenters. The Balaban J connectivity index is 1.62. The summed E-state index contributed by atoms with van der Waals surface area (Å²) in [6.45, 7) is 5.81. The summed E-state index contributed by atoms with van der Waals surface area (Å²) in [5.74, 6) is -0.450. The molecule has 0 aliphatic rings. The minimum Gasteiger partial charge on any atom is -0.612 e. The summed E-state index contributed by atoms with van der Waals surface area (Å²) in [6.07, 6.45) is 4.02. The molecule has 44 heavy (non-hydrogen) atoms. The van der Waals surface area contributed by atoms with Crippen LogP contribution in [-0.4, -0.2) is 21.8 Å². The van der Waals surface area contributed by atoms with Gasteiger partial charge in [0, 0.05) is 17.3 Å². The van der Waals surface area contributed by atoms with Crippen LogP contribution in [0.5, 0.6) is 5.75 Å². The van der Waals surface area contributed by atoms with E-state index in [1.165, 1.54) is 0 Å². The molecule has 5 aromatic rings. The lowest BCUT2D eigenvalue weighted by Gasteiger charge is -2.37. The first kappa shape index (κ1) is 31.1. The number of anilines is 1. The van der Waals surface area contributed by atoms with E-state index in [2.05, 4.69) is 97.2 Å². The number of hydrogen-bond acceptors (Lipinski definition) is 3. The first-order valence-electron chi connectivity index (χ1n) is 15.1. The molecule has 2 N–H and O–H groups in total. The summed E-state index contributed by atoms with van der Waals surface area (Å²) in [7, 11) is 0. The van der Waals surface area contributed by atoms with E-state index in [0.717, 1.165) is 40.7 Å². The van der Waals surface area contributed by atoms with Crippen molar-refractivity contribution < 1.29 is 14.5 Å². The molecule has 0 aliphatic heterocycles. The number of aromatic hydroxyl groups is 1. The molecule has 0 aromatic heterocycles. The van der Waals surface area contributed by atoms with E-state index in [0.29, 0.717) is 28.1 Å². The Kier molecular flexibility index (Phi) is 9.58. The van der Waals surface area contributed by atoms with Gasteiger partial charge in [-0.3, -0.25) is 4.79 Å². The fraction of sp³-hybridized carbons (Fsp3) is 0.205. The van der Waals surface area contributed by atoms with Crippen LogP contribution in [0.25, 0.3) is 0 Å². The number of carbonyl (C=O) groups is 1. The second-order valence-electron chi connectivity index (χ2n) is 11.3. The highest BCUT2D eigenvalue weighted by Crippen LogP contribution is 2.46. The predicted octanol–water partition coefficient (Wildman–Crippen LogP) is 8.72. The topological polar surface area (TPSA) is 72.4 Å². The van der Waals surface area contributed by atoms with E-state index >= 15 is 0 Å². The molecule has 4 nitrogen and oxygen atoms in total. The van der Waals surface area contributed by atoms with E-state index < -0.39 is 22.5 Å². The molecule has 0 fully saturated rings. The van der Waals surface area contributed by atoms with Crippen molar-refractivity contribution in [3.8, 4) is 5.75 Å². The molecule has 5 rings (SSSR count). The van der Waals surface area contributed by atoms with Gasteiger partial charge in [0.15, 0.2) is 4.90 Å². The Bertz CT molecular complexity index is 1640. The largest absolute Gasteiger partial charge is 0.612 e. The molecule has 0 saturated heterocycles. The monoisotopic (exact) mass is 601 g/mol. The van der Waals surface area contributed by atoms with Crippen molar-refractivity contribution in [3.63, 3.8) is 0 Å². The quantitative estimate of drug-likeness (QED) is 0.124. The minimum absolute atomic E-state index is 0.0341. The van der Waals surface area contributed by atoms with Gasteiger partial charge >= 0.3 is 0 Å². The molecular weight excluding hydrogens is 563 g/mol. The number of amides is 1. The molecule has 0 saturated carbocycles. The average Bonchev–Trinajstić information content (AvgIpc) is 3.04. The van der Waals surface area contributed by atoms with Gasteiger partial charge in [0.1, 0.15) is 12.0 Å². The highest BCUT2D eigenvalue weighted by atomic mass is 32.2. The summed E-state index contributed by atoms with van der Waals surface area (Å²) in [5.41, 5.74) is 6.79. The molecule has 5 heteroatoms. The van der Waals surface area contributed by atoms with Gasteiger partial charge in [-0.15, -0.1) is 0 Å². The lowest BCUT2D eigenvalue weighted by atomic mass is 9.65. The number of hydrogen-bond donors (Lipinski definition) is 2. The van der Waals surface area contributed by atoms with Crippen LogP contribution in [0, 0.1) is 13.8 Å². The van der Waals surface area contributed by atoms with Gasteiger partial charge in [0.05, 0.1) is 11.0 Å². The maximum absolute atomic E-state index is 13.8. The Hall–Kier alpha value is -4.32. The lowest BCUT2D eigenvalue weighted by Crippen LogP contribution is -2.31. The van der Waals surface area contributed by atoms with Crippen molar-refractivity contribution in [2.75, 3.05) is 11.6 Å². The summed E-state index contributed by atoms with van der Waals surface area (Å²) in [5, 5.41) is 14.2. The van der Waals surface area contributed by atoms with Crippen molar-refractivity contribution >= 4 is 22.8 Å². The Labute approximate surface area is 264 Å². The zero-order valence-electron chi connectivity index (χ0n) is 25.8. The number of aryl methyl sites for hydroxylation is 2. The van der Waals surface area contributed by atoms with E-state index in [1.54, 1.807) is 19.2 Å². The Morgan fingerprint density at radius 2 is 1.32 bits per heavy atom. The molecule has 0 radical (unpaired) electrons. The molecular formula is C39H39NO3S. The molecule has 224 valence electrons. The summed E-state index contributed by atoms with van der Waals surface area (Å²) >= 11 is -1.30. The first-order chi connectivity index (χ1) is 21.3. The molecule has 5 aromatic carbocycles. The van der Waals surface area contributed by atoms with E-state index in [4.69, 9.17) is 0 Å². The zero-order valence-corrected chi connectivity index (χ0v) is 26.6. The molecule has 0 aliphatic carbocycles. The predicted molar refractivity (Wildman–Crippen MR) is 181 cm³/mol. The fourth-order valence-electron chi connectivity index (χ4n) is 6.22. The smallest absolute Gasteiger partial charge is 0.259 e. The minimum atomic E-state index is -1.30. The summed E-state index contributed by atoms with van der Waals surface area (Å²) in [6, 6.07) is 39.4. The molecule has 0 spiro atoms. The molecule has 0 bridgehead atoms. The fourth-order valence-corrected chi connectivity index (χ4v) is 7.06. The summed E-state index contributed by atoms with van der Waals surface area (Å²) in [4.78, 5) is 14.4. The SMILES string of the molecule is CCCCc1cc([S+](C)[O-])c(C)c(C(=O)Nc2ccc(C(c3ccccc3)(c3ccccc3)c3ccccc3)cc2C)c1O. The highest BCUT2D eigenvalue weighted by Gasteiger charge is 2.38. The average molecular weight is 602 g/mol. The molecule has 1 amide bonds.